The van der Waals surface area contributed by atoms with E-state index in [4.69, 9.17) is 11.6 Å². The minimum Gasteiger partial charge on any atom is -0.322 e. The van der Waals surface area contributed by atoms with Gasteiger partial charge in [0.25, 0.3) is 5.91 Å². The number of anilines is 1. The van der Waals surface area contributed by atoms with Crippen LogP contribution in [0.15, 0.2) is 42.6 Å². The van der Waals surface area contributed by atoms with Gasteiger partial charge in [-0.2, -0.15) is 13.2 Å². The first-order chi connectivity index (χ1) is 9.36. The van der Waals surface area contributed by atoms with E-state index >= 15 is 0 Å². The van der Waals surface area contributed by atoms with Crippen LogP contribution in [0.5, 0.6) is 0 Å². The Morgan fingerprint density at radius 1 is 1.20 bits per heavy atom. The van der Waals surface area contributed by atoms with Crippen molar-refractivity contribution in [2.45, 2.75) is 6.18 Å². The fourth-order valence-electron chi connectivity index (χ4n) is 1.52. The number of hydrogen-bond donors (Lipinski definition) is 1. The van der Waals surface area contributed by atoms with Crippen LogP contribution in [0, 0.1) is 0 Å². The molecule has 104 valence electrons. The molecule has 1 aromatic carbocycles. The number of hydrogen-bond acceptors (Lipinski definition) is 2. The lowest BCUT2D eigenvalue weighted by Crippen LogP contribution is -2.13. The first kappa shape index (κ1) is 14.3. The third kappa shape index (κ3) is 3.48. The van der Waals surface area contributed by atoms with Gasteiger partial charge in [-0.25, -0.2) is 4.98 Å². The zero-order valence-electron chi connectivity index (χ0n) is 9.91. The highest BCUT2D eigenvalue weighted by molar-refractivity contribution is 6.29. The van der Waals surface area contributed by atoms with Crippen LogP contribution in [-0.2, 0) is 6.18 Å². The van der Waals surface area contributed by atoms with Crippen LogP contribution in [-0.4, -0.2) is 10.9 Å². The summed E-state index contributed by atoms with van der Waals surface area (Å²) < 4.78 is 37.6. The van der Waals surface area contributed by atoms with Crippen molar-refractivity contribution in [1.82, 2.24) is 4.98 Å². The highest BCUT2D eigenvalue weighted by Crippen LogP contribution is 2.30. The topological polar surface area (TPSA) is 42.0 Å². The number of rotatable bonds is 2. The molecule has 7 heteroatoms. The van der Waals surface area contributed by atoms with Gasteiger partial charge in [-0.1, -0.05) is 17.7 Å². The molecule has 0 aliphatic rings. The Bertz CT molecular complexity index is 644. The molecule has 0 radical (unpaired) electrons. The molecule has 0 aliphatic heterocycles. The van der Waals surface area contributed by atoms with E-state index in [2.05, 4.69) is 10.3 Å². The number of alkyl halides is 3. The van der Waals surface area contributed by atoms with Crippen molar-refractivity contribution in [2.24, 2.45) is 0 Å². The molecule has 1 amide bonds. The van der Waals surface area contributed by atoms with Gasteiger partial charge in [-0.15, -0.1) is 0 Å². The summed E-state index contributed by atoms with van der Waals surface area (Å²) in [6.45, 7) is 0. The fraction of sp³-hybridized carbons (Fsp3) is 0.0769. The van der Waals surface area contributed by atoms with Crippen molar-refractivity contribution in [3.05, 3.63) is 58.9 Å². The van der Waals surface area contributed by atoms with Crippen LogP contribution in [0.1, 0.15) is 15.9 Å². The van der Waals surface area contributed by atoms with Crippen molar-refractivity contribution in [3.63, 3.8) is 0 Å². The monoisotopic (exact) mass is 300 g/mol. The number of halogens is 4. The maximum Gasteiger partial charge on any atom is 0.416 e. The zero-order chi connectivity index (χ0) is 14.8. The van der Waals surface area contributed by atoms with E-state index in [9.17, 15) is 18.0 Å². The SMILES string of the molecule is O=C(Nc1cccc(C(F)(F)F)c1)c1ccnc(Cl)c1. The maximum absolute atomic E-state index is 12.5. The van der Waals surface area contributed by atoms with Crippen molar-refractivity contribution < 1.29 is 18.0 Å². The quantitative estimate of drug-likeness (QED) is 0.852. The number of carbonyl (C=O) groups is 1. The van der Waals surface area contributed by atoms with Gasteiger partial charge in [0.2, 0.25) is 0 Å². The van der Waals surface area contributed by atoms with E-state index in [1.165, 1.54) is 30.5 Å². The zero-order valence-corrected chi connectivity index (χ0v) is 10.7. The second-order valence-corrected chi connectivity index (χ2v) is 4.29. The molecule has 0 bridgehead atoms. The summed E-state index contributed by atoms with van der Waals surface area (Å²) in [6.07, 6.45) is -3.12. The Morgan fingerprint density at radius 2 is 1.95 bits per heavy atom. The fourth-order valence-corrected chi connectivity index (χ4v) is 1.69. The van der Waals surface area contributed by atoms with E-state index in [1.54, 1.807) is 0 Å². The highest BCUT2D eigenvalue weighted by atomic mass is 35.5. The molecule has 0 fully saturated rings. The summed E-state index contributed by atoms with van der Waals surface area (Å²) in [5.74, 6) is -0.561. The average Bonchev–Trinajstić information content (AvgIpc) is 2.38. The Morgan fingerprint density at radius 3 is 2.60 bits per heavy atom. The Balaban J connectivity index is 2.20. The molecule has 3 nitrogen and oxygen atoms in total. The van der Waals surface area contributed by atoms with E-state index in [0.717, 1.165) is 12.1 Å². The van der Waals surface area contributed by atoms with Crippen LogP contribution < -0.4 is 5.32 Å². The Hall–Kier alpha value is -2.08. The molecule has 0 unspecified atom stereocenters. The summed E-state index contributed by atoms with van der Waals surface area (Å²) in [4.78, 5) is 15.6. The van der Waals surface area contributed by atoms with Gasteiger partial charge in [-0.05, 0) is 30.3 Å². The molecule has 0 spiro atoms. The number of pyridine rings is 1. The van der Waals surface area contributed by atoms with Gasteiger partial charge in [-0.3, -0.25) is 4.79 Å². The number of benzene rings is 1. The van der Waals surface area contributed by atoms with E-state index in [1.807, 2.05) is 0 Å². The molecule has 1 aromatic heterocycles. The lowest BCUT2D eigenvalue weighted by atomic mass is 10.2. The number of nitrogens with one attached hydrogen (secondary N) is 1. The molecule has 2 rings (SSSR count). The average molecular weight is 301 g/mol. The molecule has 2 aromatic rings. The van der Waals surface area contributed by atoms with Gasteiger partial charge in [0, 0.05) is 17.4 Å². The maximum atomic E-state index is 12.5. The van der Waals surface area contributed by atoms with Crippen molar-refractivity contribution >= 4 is 23.2 Å². The second kappa shape index (κ2) is 5.50. The Kier molecular flexibility index (Phi) is 3.94. The van der Waals surface area contributed by atoms with Crippen LogP contribution >= 0.6 is 11.6 Å². The molecular weight excluding hydrogens is 293 g/mol. The molecule has 20 heavy (non-hydrogen) atoms. The summed E-state index contributed by atoms with van der Waals surface area (Å²) in [5.41, 5.74) is -0.566. The third-order valence-corrected chi connectivity index (χ3v) is 2.64. The van der Waals surface area contributed by atoms with E-state index < -0.39 is 17.6 Å². The van der Waals surface area contributed by atoms with Crippen LogP contribution in [0.2, 0.25) is 5.15 Å². The Labute approximate surface area is 117 Å². The number of carbonyl (C=O) groups excluding carboxylic acids is 1. The van der Waals surface area contributed by atoms with Gasteiger partial charge in [0.05, 0.1) is 5.56 Å². The summed E-state index contributed by atoms with van der Waals surface area (Å²) in [6, 6.07) is 7.12. The van der Waals surface area contributed by atoms with E-state index in [-0.39, 0.29) is 16.4 Å². The molecule has 1 heterocycles. The summed E-state index contributed by atoms with van der Waals surface area (Å²) >= 11 is 5.64. The first-order valence-electron chi connectivity index (χ1n) is 5.46. The number of nitrogens with zero attached hydrogens (tertiary/aromatic N) is 1. The van der Waals surface area contributed by atoms with Gasteiger partial charge in [0.1, 0.15) is 5.15 Å². The van der Waals surface area contributed by atoms with E-state index in [0.29, 0.717) is 0 Å². The standard InChI is InChI=1S/C13H8ClF3N2O/c14-11-6-8(4-5-18-11)12(20)19-10-3-1-2-9(7-10)13(15,16)17/h1-7H,(H,19,20). The number of aromatic nitrogens is 1. The van der Waals surface area contributed by atoms with Gasteiger partial charge < -0.3 is 5.32 Å². The molecule has 0 saturated carbocycles. The predicted octanol–water partition coefficient (Wildman–Crippen LogP) is 4.01. The van der Waals surface area contributed by atoms with Crippen molar-refractivity contribution in [1.29, 1.82) is 0 Å². The normalized spacial score (nSPS) is 11.2. The molecule has 0 saturated heterocycles. The highest BCUT2D eigenvalue weighted by Gasteiger charge is 2.30. The van der Waals surface area contributed by atoms with Crippen molar-refractivity contribution in [2.75, 3.05) is 5.32 Å². The summed E-state index contributed by atoms with van der Waals surface area (Å²) in [7, 11) is 0. The first-order valence-corrected chi connectivity index (χ1v) is 5.84. The van der Waals surface area contributed by atoms with Crippen molar-refractivity contribution in [3.8, 4) is 0 Å². The molecule has 0 aliphatic carbocycles. The van der Waals surface area contributed by atoms with Crippen LogP contribution in [0.25, 0.3) is 0 Å². The van der Waals surface area contributed by atoms with Crippen LogP contribution in [0.3, 0.4) is 0 Å². The minimum absolute atomic E-state index is 0.0535. The predicted molar refractivity (Wildman–Crippen MR) is 68.6 cm³/mol. The largest absolute Gasteiger partial charge is 0.416 e. The lowest BCUT2D eigenvalue weighted by molar-refractivity contribution is -0.137. The molecule has 1 N–H and O–H groups in total. The minimum atomic E-state index is -4.46. The lowest BCUT2D eigenvalue weighted by Gasteiger charge is -2.09. The van der Waals surface area contributed by atoms with Crippen LogP contribution in [0.4, 0.5) is 18.9 Å². The van der Waals surface area contributed by atoms with Gasteiger partial charge in [0.15, 0.2) is 0 Å². The van der Waals surface area contributed by atoms with Gasteiger partial charge >= 0.3 is 6.18 Å². The molecular formula is C13H8ClF3N2O. The summed E-state index contributed by atoms with van der Waals surface area (Å²) in [5, 5.41) is 2.50. The second-order valence-electron chi connectivity index (χ2n) is 3.90. The molecule has 0 atom stereocenters. The third-order valence-electron chi connectivity index (χ3n) is 2.44. The smallest absolute Gasteiger partial charge is 0.322 e. The number of amides is 1.